The fourth-order valence-electron chi connectivity index (χ4n) is 7.95. The first kappa shape index (κ1) is 31.6. The number of halogens is 4. The van der Waals surface area contributed by atoms with Crippen LogP contribution >= 0.6 is 0 Å². The summed E-state index contributed by atoms with van der Waals surface area (Å²) in [6.07, 6.45) is 3.75. The Bertz CT molecular complexity index is 1710. The van der Waals surface area contributed by atoms with Crippen LogP contribution in [0.25, 0.3) is 11.3 Å². The Morgan fingerprint density at radius 1 is 0.957 bits per heavy atom. The fourth-order valence-corrected chi connectivity index (χ4v) is 7.95. The SMILES string of the molecule is O=C(N1CCN(Cc2ccc(-c3ccccc3)[nH]c2=O)C2(CCCC2)C1)N1CCC(=NC2CC(F)(F)C2)C[C@H]1c1cc(F)ccc1F. The van der Waals surface area contributed by atoms with Crippen LogP contribution in [0.1, 0.15) is 68.5 Å². The van der Waals surface area contributed by atoms with Gasteiger partial charge >= 0.3 is 6.03 Å². The standard InChI is InChI=1S/C36H39F4N5O2/c37-26-9-10-30(38)29(18-26)32-19-27(41-28-20-36(39,40)21-28)12-15-45(32)34(47)43-16-17-44(35(23-43)13-4-5-14-35)22-25-8-11-31(42-33(25)46)24-6-2-1-3-7-24/h1-3,6-11,18,28,32H,4-5,12-17,19-23H2,(H,42,46)/t32-/m0/s1. The van der Waals surface area contributed by atoms with E-state index in [9.17, 15) is 22.8 Å². The summed E-state index contributed by atoms with van der Waals surface area (Å²) in [5.41, 5.74) is 2.66. The van der Waals surface area contributed by atoms with E-state index in [4.69, 9.17) is 0 Å². The molecule has 3 aromatic rings. The van der Waals surface area contributed by atoms with E-state index in [-0.39, 0.29) is 48.5 Å². The Hall–Kier alpha value is -3.99. The van der Waals surface area contributed by atoms with Crippen LogP contribution in [0, 0.1) is 11.6 Å². The van der Waals surface area contributed by atoms with Crippen molar-refractivity contribution in [2.75, 3.05) is 26.2 Å². The zero-order valence-corrected chi connectivity index (χ0v) is 26.2. The molecule has 2 aromatic carbocycles. The maximum Gasteiger partial charge on any atom is 0.320 e. The number of nitrogens with zero attached hydrogens (tertiary/aromatic N) is 4. The van der Waals surface area contributed by atoms with Crippen LogP contribution in [-0.2, 0) is 6.54 Å². The summed E-state index contributed by atoms with van der Waals surface area (Å²) in [5, 5.41) is 0. The molecule has 2 saturated carbocycles. The lowest BCUT2D eigenvalue weighted by Crippen LogP contribution is -2.64. The third-order valence-electron chi connectivity index (χ3n) is 10.5. The van der Waals surface area contributed by atoms with E-state index in [0.717, 1.165) is 55.1 Å². The zero-order valence-electron chi connectivity index (χ0n) is 26.2. The number of piperazine rings is 1. The van der Waals surface area contributed by atoms with Crippen LogP contribution in [0.2, 0.25) is 0 Å². The lowest BCUT2D eigenvalue weighted by atomic mass is 9.87. The summed E-state index contributed by atoms with van der Waals surface area (Å²) in [6, 6.07) is 15.2. The number of hydrogen-bond acceptors (Lipinski definition) is 4. The molecule has 1 atom stereocenters. The zero-order chi connectivity index (χ0) is 32.8. The predicted octanol–water partition coefficient (Wildman–Crippen LogP) is 6.95. The molecule has 2 amide bonds. The Labute approximate surface area is 271 Å². The van der Waals surface area contributed by atoms with Crippen LogP contribution in [0.15, 0.2) is 70.5 Å². The maximum absolute atomic E-state index is 15.2. The lowest BCUT2D eigenvalue weighted by Gasteiger charge is -2.51. The summed E-state index contributed by atoms with van der Waals surface area (Å²) < 4.78 is 56.5. The van der Waals surface area contributed by atoms with Gasteiger partial charge in [-0.15, -0.1) is 0 Å². The Kier molecular flexibility index (Phi) is 8.44. The number of urea groups is 1. The van der Waals surface area contributed by atoms with Crippen LogP contribution in [0.3, 0.4) is 0 Å². The van der Waals surface area contributed by atoms with Gasteiger partial charge in [0.25, 0.3) is 11.5 Å². The van der Waals surface area contributed by atoms with E-state index in [2.05, 4.69) is 14.9 Å². The highest BCUT2D eigenvalue weighted by Gasteiger charge is 2.48. The molecule has 7 nitrogen and oxygen atoms in total. The molecule has 1 spiro atoms. The van der Waals surface area contributed by atoms with Crippen molar-refractivity contribution in [3.05, 3.63) is 93.8 Å². The molecule has 1 aromatic heterocycles. The number of rotatable bonds is 5. The van der Waals surface area contributed by atoms with E-state index in [0.29, 0.717) is 43.9 Å². The van der Waals surface area contributed by atoms with E-state index in [1.807, 2.05) is 47.4 Å². The number of benzene rings is 2. The number of aliphatic imine (C=N–C) groups is 1. The van der Waals surface area contributed by atoms with Crippen molar-refractivity contribution in [1.82, 2.24) is 19.7 Å². The minimum Gasteiger partial charge on any atom is -0.322 e. The van der Waals surface area contributed by atoms with Crippen LogP contribution in [-0.4, -0.2) is 75.1 Å². The number of hydrogen-bond donors (Lipinski definition) is 1. The second-order valence-corrected chi connectivity index (χ2v) is 13.6. The van der Waals surface area contributed by atoms with Crippen molar-refractivity contribution in [2.45, 2.75) is 81.5 Å². The number of pyridine rings is 1. The molecule has 0 radical (unpaired) electrons. The first-order valence-electron chi connectivity index (χ1n) is 16.6. The maximum atomic E-state index is 15.2. The molecule has 7 rings (SSSR count). The highest BCUT2D eigenvalue weighted by molar-refractivity contribution is 5.88. The number of carbonyl (C=O) groups is 1. The molecule has 3 heterocycles. The van der Waals surface area contributed by atoms with E-state index in [1.54, 1.807) is 4.90 Å². The third kappa shape index (κ3) is 6.46. The number of H-pyrrole nitrogens is 1. The van der Waals surface area contributed by atoms with Gasteiger partial charge in [-0.05, 0) is 42.7 Å². The minimum absolute atomic E-state index is 0.0667. The topological polar surface area (TPSA) is 72.0 Å². The van der Waals surface area contributed by atoms with Crippen molar-refractivity contribution in [2.24, 2.45) is 4.99 Å². The molecule has 4 aliphatic rings. The van der Waals surface area contributed by atoms with Crippen LogP contribution < -0.4 is 5.56 Å². The molecule has 47 heavy (non-hydrogen) atoms. The summed E-state index contributed by atoms with van der Waals surface area (Å²) in [6.45, 7) is 2.17. The van der Waals surface area contributed by atoms with Gasteiger partial charge in [-0.2, -0.15) is 0 Å². The monoisotopic (exact) mass is 649 g/mol. The van der Waals surface area contributed by atoms with Crippen molar-refractivity contribution in [3.8, 4) is 11.3 Å². The molecule has 2 saturated heterocycles. The molecular weight excluding hydrogens is 610 g/mol. The van der Waals surface area contributed by atoms with Crippen molar-refractivity contribution in [3.63, 3.8) is 0 Å². The van der Waals surface area contributed by atoms with Crippen LogP contribution in [0.5, 0.6) is 0 Å². The molecule has 0 bridgehead atoms. The number of alkyl halides is 2. The number of piperidine rings is 1. The second-order valence-electron chi connectivity index (χ2n) is 13.6. The van der Waals surface area contributed by atoms with E-state index in [1.165, 1.54) is 0 Å². The normalized spacial score (nSPS) is 23.7. The number of aromatic nitrogens is 1. The molecule has 1 N–H and O–H groups in total. The van der Waals surface area contributed by atoms with Gasteiger partial charge in [0, 0.05) is 86.5 Å². The van der Waals surface area contributed by atoms with Gasteiger partial charge in [-0.1, -0.05) is 49.2 Å². The van der Waals surface area contributed by atoms with Gasteiger partial charge in [0.1, 0.15) is 11.6 Å². The van der Waals surface area contributed by atoms with Gasteiger partial charge in [0.05, 0.1) is 12.1 Å². The average molecular weight is 650 g/mol. The number of nitrogens with one attached hydrogen (secondary N) is 1. The van der Waals surface area contributed by atoms with Gasteiger partial charge in [0.2, 0.25) is 0 Å². The first-order valence-corrected chi connectivity index (χ1v) is 16.6. The molecular formula is C36H39F4N5O2. The van der Waals surface area contributed by atoms with Crippen molar-refractivity contribution < 1.29 is 22.4 Å². The largest absolute Gasteiger partial charge is 0.322 e. The number of amides is 2. The average Bonchev–Trinajstić information content (AvgIpc) is 3.52. The molecule has 4 fully saturated rings. The van der Waals surface area contributed by atoms with Gasteiger partial charge in [-0.25, -0.2) is 22.4 Å². The van der Waals surface area contributed by atoms with Gasteiger partial charge in [0.15, 0.2) is 0 Å². The minimum atomic E-state index is -2.71. The molecule has 11 heteroatoms. The smallest absolute Gasteiger partial charge is 0.320 e. The Balaban J connectivity index is 1.10. The second kappa shape index (κ2) is 12.6. The Morgan fingerprint density at radius 2 is 1.72 bits per heavy atom. The van der Waals surface area contributed by atoms with Gasteiger partial charge < -0.3 is 14.8 Å². The summed E-state index contributed by atoms with van der Waals surface area (Å²) in [4.78, 5) is 40.8. The fraction of sp³-hybridized carbons (Fsp3) is 0.472. The molecule has 248 valence electrons. The Morgan fingerprint density at radius 3 is 2.45 bits per heavy atom. The van der Waals surface area contributed by atoms with Crippen LogP contribution in [0.4, 0.5) is 22.4 Å². The van der Waals surface area contributed by atoms with Crippen molar-refractivity contribution in [1.29, 1.82) is 0 Å². The summed E-state index contributed by atoms with van der Waals surface area (Å²) >= 11 is 0. The number of carbonyl (C=O) groups excluding carboxylic acids is 1. The van der Waals surface area contributed by atoms with Gasteiger partial charge in [-0.3, -0.25) is 14.7 Å². The lowest BCUT2D eigenvalue weighted by molar-refractivity contribution is -0.0835. The summed E-state index contributed by atoms with van der Waals surface area (Å²) in [5.74, 6) is -3.94. The number of likely N-dealkylation sites (tertiary alicyclic amines) is 1. The predicted molar refractivity (Wildman–Crippen MR) is 172 cm³/mol. The summed E-state index contributed by atoms with van der Waals surface area (Å²) in [7, 11) is 0. The van der Waals surface area contributed by atoms with E-state index >= 15 is 4.39 Å². The third-order valence-corrected chi connectivity index (χ3v) is 10.5. The number of aromatic amines is 1. The first-order chi connectivity index (χ1) is 22.6. The molecule has 2 aliphatic heterocycles. The molecule has 0 unspecified atom stereocenters. The van der Waals surface area contributed by atoms with Crippen molar-refractivity contribution >= 4 is 11.7 Å². The highest BCUT2D eigenvalue weighted by atomic mass is 19.3. The quantitative estimate of drug-likeness (QED) is 0.305. The molecule has 2 aliphatic carbocycles. The van der Waals surface area contributed by atoms with E-state index < -0.39 is 29.6 Å². The highest BCUT2D eigenvalue weighted by Crippen LogP contribution is 2.42.